The van der Waals surface area contributed by atoms with E-state index >= 15 is 0 Å². The van der Waals surface area contributed by atoms with Crippen molar-refractivity contribution in [2.24, 2.45) is 0 Å². The van der Waals surface area contributed by atoms with Gasteiger partial charge in [0.25, 0.3) is 0 Å². The standard InChI is InChI=1S/C9H8N6O/c1-2-16-6-7(1)3-11-8-4-10-5-9-12-13-14-15(8)9/h1-2,4-6,11H,3H2. The number of hydrogen-bond donors (Lipinski definition) is 1. The van der Waals surface area contributed by atoms with Gasteiger partial charge in [0, 0.05) is 12.1 Å². The van der Waals surface area contributed by atoms with Crippen LogP contribution in [-0.2, 0) is 6.54 Å². The van der Waals surface area contributed by atoms with E-state index in [0.717, 1.165) is 11.4 Å². The summed E-state index contributed by atoms with van der Waals surface area (Å²) in [5, 5.41) is 14.4. The normalized spacial score (nSPS) is 10.8. The van der Waals surface area contributed by atoms with Gasteiger partial charge in [-0.25, -0.2) is 0 Å². The van der Waals surface area contributed by atoms with Gasteiger partial charge in [-0.3, -0.25) is 4.98 Å². The Morgan fingerprint density at radius 1 is 1.38 bits per heavy atom. The second kappa shape index (κ2) is 3.61. The Bertz CT molecular complexity index is 587. The largest absolute Gasteiger partial charge is 0.472 e. The van der Waals surface area contributed by atoms with Crippen molar-refractivity contribution in [3.05, 3.63) is 36.5 Å². The summed E-state index contributed by atoms with van der Waals surface area (Å²) in [5.41, 5.74) is 1.65. The van der Waals surface area contributed by atoms with Crippen LogP contribution in [0.5, 0.6) is 0 Å². The lowest BCUT2D eigenvalue weighted by Crippen LogP contribution is -2.05. The number of hydrogen-bond acceptors (Lipinski definition) is 6. The Balaban J connectivity index is 1.86. The van der Waals surface area contributed by atoms with Crippen molar-refractivity contribution in [2.75, 3.05) is 5.32 Å². The van der Waals surface area contributed by atoms with Crippen LogP contribution in [0, 0.1) is 0 Å². The van der Waals surface area contributed by atoms with Gasteiger partial charge in [-0.1, -0.05) is 0 Å². The predicted octanol–water partition coefficient (Wildman–Crippen LogP) is 0.724. The van der Waals surface area contributed by atoms with Crippen LogP contribution in [0.15, 0.2) is 35.4 Å². The number of nitrogens with zero attached hydrogens (tertiary/aromatic N) is 5. The summed E-state index contributed by atoms with van der Waals surface area (Å²) in [6, 6.07) is 1.89. The second-order valence-electron chi connectivity index (χ2n) is 3.23. The molecular weight excluding hydrogens is 208 g/mol. The molecule has 80 valence electrons. The molecule has 0 radical (unpaired) electrons. The van der Waals surface area contributed by atoms with E-state index in [-0.39, 0.29) is 0 Å². The van der Waals surface area contributed by atoms with E-state index in [2.05, 4.69) is 25.8 Å². The number of tetrazole rings is 1. The predicted molar refractivity (Wildman–Crippen MR) is 54.6 cm³/mol. The summed E-state index contributed by atoms with van der Waals surface area (Å²) in [6.07, 6.45) is 6.58. The Hall–Kier alpha value is -2.44. The van der Waals surface area contributed by atoms with Gasteiger partial charge in [0.15, 0.2) is 11.5 Å². The van der Waals surface area contributed by atoms with Gasteiger partial charge in [0.1, 0.15) is 0 Å². The molecule has 0 bridgehead atoms. The van der Waals surface area contributed by atoms with Crippen LogP contribution in [-0.4, -0.2) is 25.0 Å². The van der Waals surface area contributed by atoms with Gasteiger partial charge in [0.05, 0.1) is 24.9 Å². The van der Waals surface area contributed by atoms with E-state index in [1.807, 2.05) is 6.07 Å². The van der Waals surface area contributed by atoms with Crippen LogP contribution in [0.2, 0.25) is 0 Å². The van der Waals surface area contributed by atoms with Crippen LogP contribution in [0.25, 0.3) is 5.65 Å². The molecule has 7 nitrogen and oxygen atoms in total. The van der Waals surface area contributed by atoms with Gasteiger partial charge in [-0.05, 0) is 16.5 Å². The topological polar surface area (TPSA) is 81.1 Å². The van der Waals surface area contributed by atoms with Crippen molar-refractivity contribution in [1.82, 2.24) is 25.0 Å². The first kappa shape index (κ1) is 8.84. The molecule has 0 amide bonds. The highest BCUT2D eigenvalue weighted by Crippen LogP contribution is 2.08. The van der Waals surface area contributed by atoms with Crippen molar-refractivity contribution >= 4 is 11.5 Å². The molecule has 0 aromatic carbocycles. The van der Waals surface area contributed by atoms with Crippen molar-refractivity contribution in [3.63, 3.8) is 0 Å². The molecule has 0 aliphatic heterocycles. The molecular formula is C9H8N6O. The smallest absolute Gasteiger partial charge is 0.199 e. The van der Waals surface area contributed by atoms with Crippen molar-refractivity contribution < 1.29 is 4.42 Å². The molecule has 0 aliphatic carbocycles. The zero-order chi connectivity index (χ0) is 10.8. The number of furan rings is 1. The zero-order valence-corrected chi connectivity index (χ0v) is 8.24. The average Bonchev–Trinajstić information content (AvgIpc) is 2.97. The first-order chi connectivity index (χ1) is 7.93. The van der Waals surface area contributed by atoms with Crippen LogP contribution in [0.4, 0.5) is 5.82 Å². The summed E-state index contributed by atoms with van der Waals surface area (Å²) in [7, 11) is 0. The van der Waals surface area contributed by atoms with Gasteiger partial charge >= 0.3 is 0 Å². The molecule has 0 fully saturated rings. The summed E-state index contributed by atoms with van der Waals surface area (Å²) >= 11 is 0. The summed E-state index contributed by atoms with van der Waals surface area (Å²) in [6.45, 7) is 0.636. The van der Waals surface area contributed by atoms with Crippen LogP contribution in [0.1, 0.15) is 5.56 Å². The highest BCUT2D eigenvalue weighted by Gasteiger charge is 2.03. The molecule has 0 spiro atoms. The SMILES string of the molecule is c1cc(CNc2cncc3nnnn23)co1. The molecule has 1 N–H and O–H groups in total. The van der Waals surface area contributed by atoms with E-state index in [9.17, 15) is 0 Å². The molecule has 0 unspecified atom stereocenters. The third-order valence-corrected chi connectivity index (χ3v) is 2.16. The van der Waals surface area contributed by atoms with E-state index in [4.69, 9.17) is 4.42 Å². The molecule has 3 rings (SSSR count). The lowest BCUT2D eigenvalue weighted by molar-refractivity contribution is 0.564. The minimum Gasteiger partial charge on any atom is -0.472 e. The summed E-state index contributed by atoms with van der Waals surface area (Å²) in [4.78, 5) is 4.04. The average molecular weight is 216 g/mol. The van der Waals surface area contributed by atoms with E-state index < -0.39 is 0 Å². The van der Waals surface area contributed by atoms with Gasteiger partial charge in [-0.2, -0.15) is 4.52 Å². The maximum absolute atomic E-state index is 4.97. The summed E-state index contributed by atoms with van der Waals surface area (Å²) in [5.74, 6) is 0.740. The maximum atomic E-state index is 4.97. The summed E-state index contributed by atoms with van der Waals surface area (Å²) < 4.78 is 6.56. The number of nitrogens with one attached hydrogen (secondary N) is 1. The number of aromatic nitrogens is 5. The van der Waals surface area contributed by atoms with Crippen LogP contribution in [0.3, 0.4) is 0 Å². The Kier molecular flexibility index (Phi) is 1.99. The molecule has 3 aromatic heterocycles. The second-order valence-corrected chi connectivity index (χ2v) is 3.23. The van der Waals surface area contributed by atoms with Crippen molar-refractivity contribution in [1.29, 1.82) is 0 Å². The highest BCUT2D eigenvalue weighted by molar-refractivity contribution is 5.43. The minimum atomic E-state index is 0.609. The van der Waals surface area contributed by atoms with E-state index in [1.165, 1.54) is 0 Å². The highest BCUT2D eigenvalue weighted by atomic mass is 16.3. The number of anilines is 1. The number of fused-ring (bicyclic) bond motifs is 1. The molecule has 16 heavy (non-hydrogen) atoms. The minimum absolute atomic E-state index is 0.609. The molecule has 3 heterocycles. The third kappa shape index (κ3) is 1.48. The molecule has 7 heteroatoms. The fraction of sp³-hybridized carbons (Fsp3) is 0.111. The van der Waals surface area contributed by atoms with Crippen LogP contribution < -0.4 is 5.32 Å². The van der Waals surface area contributed by atoms with Crippen molar-refractivity contribution in [2.45, 2.75) is 6.54 Å². The Morgan fingerprint density at radius 2 is 2.38 bits per heavy atom. The molecule has 0 saturated heterocycles. The molecule has 0 atom stereocenters. The molecule has 0 saturated carbocycles. The van der Waals surface area contributed by atoms with E-state index in [1.54, 1.807) is 29.4 Å². The first-order valence-corrected chi connectivity index (χ1v) is 4.70. The lowest BCUT2D eigenvalue weighted by Gasteiger charge is -2.04. The monoisotopic (exact) mass is 216 g/mol. The Morgan fingerprint density at radius 3 is 3.25 bits per heavy atom. The molecule has 0 aliphatic rings. The Labute approximate surface area is 90.1 Å². The first-order valence-electron chi connectivity index (χ1n) is 4.70. The van der Waals surface area contributed by atoms with Crippen molar-refractivity contribution in [3.8, 4) is 0 Å². The molecule has 3 aromatic rings. The van der Waals surface area contributed by atoms with Gasteiger partial charge in [-0.15, -0.1) is 5.10 Å². The maximum Gasteiger partial charge on any atom is 0.199 e. The quantitative estimate of drug-likeness (QED) is 0.694. The zero-order valence-electron chi connectivity index (χ0n) is 8.24. The van der Waals surface area contributed by atoms with Gasteiger partial charge in [0.2, 0.25) is 0 Å². The third-order valence-electron chi connectivity index (χ3n) is 2.16. The fourth-order valence-corrected chi connectivity index (χ4v) is 1.38. The van der Waals surface area contributed by atoms with Crippen LogP contribution >= 0.6 is 0 Å². The fourth-order valence-electron chi connectivity index (χ4n) is 1.38. The number of rotatable bonds is 3. The lowest BCUT2D eigenvalue weighted by atomic mass is 10.3. The van der Waals surface area contributed by atoms with Gasteiger partial charge < -0.3 is 9.73 Å². The van der Waals surface area contributed by atoms with E-state index in [0.29, 0.717) is 12.2 Å².